The Balaban J connectivity index is 1.70. The Morgan fingerprint density at radius 3 is 2.35 bits per heavy atom. The van der Waals surface area contributed by atoms with Crippen LogP contribution in [0.1, 0.15) is 40.0 Å². The summed E-state index contributed by atoms with van der Waals surface area (Å²) in [4.78, 5) is 50.2. The molecule has 0 aromatic heterocycles. The Morgan fingerprint density at radius 2 is 1.77 bits per heavy atom. The van der Waals surface area contributed by atoms with Crippen LogP contribution in [0.15, 0.2) is 25.3 Å². The minimum atomic E-state index is -1.09. The molecule has 4 heterocycles. The Morgan fingerprint density at radius 1 is 1.12 bits per heavy atom. The lowest BCUT2D eigenvalue weighted by atomic mass is 9.70. The number of carbonyl (C=O) groups is 3. The Kier molecular flexibility index (Phi) is 10.1. The molecule has 40 heavy (non-hydrogen) atoms. The number of amides is 3. The quantitative estimate of drug-likeness (QED) is 0.318. The van der Waals surface area contributed by atoms with Gasteiger partial charge in [0.05, 0.1) is 43.8 Å². The van der Waals surface area contributed by atoms with Crippen molar-refractivity contribution < 1.29 is 29.0 Å². The highest BCUT2D eigenvalue weighted by atomic mass is 16.5. The van der Waals surface area contributed by atoms with Crippen LogP contribution in [0.25, 0.3) is 0 Å². The molecule has 0 radical (unpaired) electrons. The zero-order valence-electron chi connectivity index (χ0n) is 24.5. The maximum Gasteiger partial charge on any atom is 0.248 e. The molecule has 2 bridgehead atoms. The Bertz CT molecular complexity index is 952. The first-order chi connectivity index (χ1) is 19.2. The van der Waals surface area contributed by atoms with Gasteiger partial charge in [-0.3, -0.25) is 19.3 Å². The van der Waals surface area contributed by atoms with Crippen molar-refractivity contribution in [1.29, 1.82) is 0 Å². The number of hydrogen-bond acceptors (Lipinski definition) is 7. The molecule has 4 saturated heterocycles. The minimum Gasteiger partial charge on any atom is -0.394 e. The van der Waals surface area contributed by atoms with Gasteiger partial charge in [-0.05, 0) is 25.2 Å². The zero-order chi connectivity index (χ0) is 29.0. The minimum absolute atomic E-state index is 0.0932. The summed E-state index contributed by atoms with van der Waals surface area (Å²) in [6.07, 6.45) is 4.93. The second-order valence-corrected chi connectivity index (χ2v) is 11.9. The van der Waals surface area contributed by atoms with Gasteiger partial charge in [0.15, 0.2) is 0 Å². The van der Waals surface area contributed by atoms with Gasteiger partial charge < -0.3 is 29.3 Å². The van der Waals surface area contributed by atoms with Crippen molar-refractivity contribution in [3.63, 3.8) is 0 Å². The zero-order valence-corrected chi connectivity index (χ0v) is 24.5. The van der Waals surface area contributed by atoms with E-state index in [1.165, 1.54) is 0 Å². The molecule has 0 aromatic rings. The van der Waals surface area contributed by atoms with E-state index in [0.717, 1.165) is 19.5 Å². The average molecular weight is 561 g/mol. The predicted molar refractivity (Wildman–Crippen MR) is 151 cm³/mol. The van der Waals surface area contributed by atoms with Crippen LogP contribution in [0.3, 0.4) is 0 Å². The van der Waals surface area contributed by atoms with Gasteiger partial charge in [-0.1, -0.05) is 32.9 Å². The van der Waals surface area contributed by atoms with E-state index in [0.29, 0.717) is 58.8 Å². The van der Waals surface area contributed by atoms with E-state index < -0.39 is 35.6 Å². The van der Waals surface area contributed by atoms with Gasteiger partial charge in [0.25, 0.3) is 0 Å². The molecule has 4 fully saturated rings. The van der Waals surface area contributed by atoms with Crippen LogP contribution in [0.2, 0.25) is 0 Å². The molecular formula is C30H48N4O6. The Hall–Kier alpha value is -2.27. The van der Waals surface area contributed by atoms with E-state index in [2.05, 4.69) is 18.1 Å². The molecule has 6 atom stereocenters. The molecule has 1 N–H and O–H groups in total. The summed E-state index contributed by atoms with van der Waals surface area (Å²) in [7, 11) is 0. The van der Waals surface area contributed by atoms with Gasteiger partial charge >= 0.3 is 0 Å². The van der Waals surface area contributed by atoms with Crippen LogP contribution >= 0.6 is 0 Å². The second kappa shape index (κ2) is 13.1. The largest absolute Gasteiger partial charge is 0.394 e. The summed E-state index contributed by atoms with van der Waals surface area (Å²) in [5.41, 5.74) is -1.09. The molecular weight excluding hydrogens is 512 g/mol. The van der Waals surface area contributed by atoms with Gasteiger partial charge in [-0.15, -0.1) is 13.2 Å². The van der Waals surface area contributed by atoms with Gasteiger partial charge in [-0.2, -0.15) is 0 Å². The van der Waals surface area contributed by atoms with Crippen LogP contribution < -0.4 is 0 Å². The number of likely N-dealkylation sites (tertiary alicyclic amines) is 1. The van der Waals surface area contributed by atoms with Crippen LogP contribution in [-0.2, 0) is 23.9 Å². The fourth-order valence-electron chi connectivity index (χ4n) is 7.26. The van der Waals surface area contributed by atoms with Crippen LogP contribution in [0.4, 0.5) is 0 Å². The summed E-state index contributed by atoms with van der Waals surface area (Å²) >= 11 is 0. The fourth-order valence-corrected chi connectivity index (χ4v) is 7.26. The molecule has 0 aliphatic carbocycles. The average Bonchev–Trinajstić information content (AvgIpc) is 3.59. The molecule has 10 heteroatoms. The first kappa shape index (κ1) is 30.7. The molecule has 0 aromatic carbocycles. The highest BCUT2D eigenvalue weighted by molar-refractivity contribution is 5.99. The molecule has 4 rings (SSSR count). The molecule has 10 nitrogen and oxygen atoms in total. The molecule has 1 spiro atoms. The first-order valence-electron chi connectivity index (χ1n) is 15.0. The molecule has 3 amide bonds. The van der Waals surface area contributed by atoms with E-state index in [-0.39, 0.29) is 30.2 Å². The van der Waals surface area contributed by atoms with Crippen molar-refractivity contribution in [2.45, 2.75) is 63.8 Å². The summed E-state index contributed by atoms with van der Waals surface area (Å²) in [6, 6.07) is -1.47. The van der Waals surface area contributed by atoms with Gasteiger partial charge in [0, 0.05) is 45.8 Å². The van der Waals surface area contributed by atoms with Crippen molar-refractivity contribution in [1.82, 2.24) is 19.6 Å². The third-order valence-electron chi connectivity index (χ3n) is 9.18. The lowest BCUT2D eigenvalue weighted by Crippen LogP contribution is -2.60. The lowest BCUT2D eigenvalue weighted by Gasteiger charge is -2.40. The number of hydrogen-bond donors (Lipinski definition) is 1. The summed E-state index contributed by atoms with van der Waals surface area (Å²) in [5, 5.41) is 10.4. The van der Waals surface area contributed by atoms with Crippen molar-refractivity contribution in [2.24, 2.45) is 17.8 Å². The first-order valence-corrected chi connectivity index (χ1v) is 15.0. The van der Waals surface area contributed by atoms with Gasteiger partial charge in [0.2, 0.25) is 17.7 Å². The van der Waals surface area contributed by atoms with E-state index >= 15 is 0 Å². The second-order valence-electron chi connectivity index (χ2n) is 11.9. The van der Waals surface area contributed by atoms with E-state index in [9.17, 15) is 19.5 Å². The standard InChI is InChI=1S/C30H48N4O6/c1-6-11-32(12-7-2)27(36)24-23-9-10-30(40-23)25(24)28(37)34(22(20-35)21(4)5)26(30)29(38)33(13-8-3)15-14-31-16-18-39-19-17-31/h6,8,21-26,35H,1,3,7,9-20H2,2,4-5H3/t22-,23+,24-,25-,26?,30?/m0/s1. The van der Waals surface area contributed by atoms with E-state index in [1.807, 2.05) is 20.8 Å². The maximum absolute atomic E-state index is 14.5. The predicted octanol–water partition coefficient (Wildman–Crippen LogP) is 1.15. The molecule has 4 aliphatic heterocycles. The van der Waals surface area contributed by atoms with Crippen molar-refractivity contribution in [2.75, 3.05) is 65.6 Å². The normalized spacial score (nSPS) is 30.4. The monoisotopic (exact) mass is 560 g/mol. The maximum atomic E-state index is 14.5. The fraction of sp³-hybridized carbons (Fsp3) is 0.767. The van der Waals surface area contributed by atoms with E-state index in [1.54, 1.807) is 26.9 Å². The van der Waals surface area contributed by atoms with Crippen molar-refractivity contribution in [3.8, 4) is 0 Å². The number of rotatable bonds is 14. The molecule has 2 unspecified atom stereocenters. The van der Waals surface area contributed by atoms with Crippen LogP contribution in [0.5, 0.6) is 0 Å². The highest BCUT2D eigenvalue weighted by Crippen LogP contribution is 2.59. The third kappa shape index (κ3) is 5.47. The van der Waals surface area contributed by atoms with Crippen molar-refractivity contribution >= 4 is 17.7 Å². The number of aliphatic hydroxyl groups is 1. The molecule has 4 aliphatic rings. The Labute approximate surface area is 238 Å². The van der Waals surface area contributed by atoms with Gasteiger partial charge in [0.1, 0.15) is 11.6 Å². The smallest absolute Gasteiger partial charge is 0.248 e. The van der Waals surface area contributed by atoms with Crippen LogP contribution in [0, 0.1) is 17.8 Å². The van der Waals surface area contributed by atoms with Gasteiger partial charge in [-0.25, -0.2) is 0 Å². The summed E-state index contributed by atoms with van der Waals surface area (Å²) in [6.45, 7) is 18.7. The van der Waals surface area contributed by atoms with Crippen LogP contribution in [-0.4, -0.2) is 132 Å². The van der Waals surface area contributed by atoms with Crippen molar-refractivity contribution in [3.05, 3.63) is 25.3 Å². The molecule has 224 valence electrons. The topological polar surface area (TPSA) is 103 Å². The third-order valence-corrected chi connectivity index (χ3v) is 9.18. The van der Waals surface area contributed by atoms with E-state index in [4.69, 9.17) is 9.47 Å². The number of morpholine rings is 1. The number of aliphatic hydroxyl groups excluding tert-OH is 1. The number of nitrogens with zero attached hydrogens (tertiary/aromatic N) is 4. The number of carbonyl (C=O) groups excluding carboxylic acids is 3. The lowest BCUT2D eigenvalue weighted by molar-refractivity contribution is -0.153. The highest BCUT2D eigenvalue weighted by Gasteiger charge is 2.75. The summed E-state index contributed by atoms with van der Waals surface area (Å²) in [5.74, 6) is -2.07. The SMILES string of the molecule is C=CCN(CCN1CCOCC1)C(=O)C1N([C@@H](CO)C(C)C)C(=O)[C@@H]2[C@@H](C(=O)N(CC=C)CCC)[C@H]3CCC12O3. The summed E-state index contributed by atoms with van der Waals surface area (Å²) < 4.78 is 12.1. The number of fused-ring (bicyclic) bond motifs is 1. The molecule has 0 saturated carbocycles. The number of ether oxygens (including phenoxy) is 2.